The monoisotopic (exact) mass is 493 g/mol. The Kier molecular flexibility index (Phi) is 5.89. The number of rotatable bonds is 6. The lowest BCUT2D eigenvalue weighted by Gasteiger charge is -2.17. The molecular formula is C26H28FN5O4. The van der Waals surface area contributed by atoms with Crippen LogP contribution in [-0.4, -0.2) is 43.7 Å². The fourth-order valence-corrected chi connectivity index (χ4v) is 4.63. The van der Waals surface area contributed by atoms with Crippen LogP contribution in [0.15, 0.2) is 29.1 Å². The first-order chi connectivity index (χ1) is 17.2. The van der Waals surface area contributed by atoms with Gasteiger partial charge in [0.1, 0.15) is 11.5 Å². The van der Waals surface area contributed by atoms with Crippen molar-refractivity contribution in [3.05, 3.63) is 62.8 Å². The lowest BCUT2D eigenvalue weighted by molar-refractivity contribution is -0.114. The van der Waals surface area contributed by atoms with Gasteiger partial charge in [-0.15, -0.1) is 0 Å². The van der Waals surface area contributed by atoms with E-state index in [1.54, 1.807) is 24.0 Å². The highest BCUT2D eigenvalue weighted by molar-refractivity contribution is 6.05. The van der Waals surface area contributed by atoms with Crippen LogP contribution in [0.4, 0.5) is 10.1 Å². The average Bonchev–Trinajstić information content (AvgIpc) is 3.42. The highest BCUT2D eigenvalue weighted by Gasteiger charge is 2.30. The van der Waals surface area contributed by atoms with E-state index in [0.29, 0.717) is 42.1 Å². The summed E-state index contributed by atoms with van der Waals surface area (Å²) in [6.07, 6.45) is 5.21. The van der Waals surface area contributed by atoms with Crippen molar-refractivity contribution in [1.82, 2.24) is 19.5 Å². The number of aryl methyl sites for hydroxylation is 1. The number of fused-ring (bicyclic) bond motifs is 2. The summed E-state index contributed by atoms with van der Waals surface area (Å²) in [4.78, 5) is 40.6. The van der Waals surface area contributed by atoms with E-state index in [-0.39, 0.29) is 29.2 Å². The van der Waals surface area contributed by atoms with Crippen LogP contribution >= 0.6 is 0 Å². The number of hydrogen-bond donors (Lipinski definition) is 2. The van der Waals surface area contributed by atoms with Gasteiger partial charge in [-0.05, 0) is 61.9 Å². The van der Waals surface area contributed by atoms with Crippen molar-refractivity contribution in [1.29, 1.82) is 0 Å². The molecule has 1 aliphatic heterocycles. The third-order valence-corrected chi connectivity index (χ3v) is 6.51. The Morgan fingerprint density at radius 1 is 1.31 bits per heavy atom. The molecule has 2 amide bonds. The number of amides is 2. The highest BCUT2D eigenvalue weighted by Crippen LogP contribution is 2.30. The topological polar surface area (TPSA) is 109 Å². The van der Waals surface area contributed by atoms with Crippen LogP contribution in [0.5, 0.6) is 5.88 Å². The number of benzene rings is 1. The van der Waals surface area contributed by atoms with Crippen molar-refractivity contribution < 1.29 is 19.1 Å². The number of anilines is 1. The number of aromatic nitrogens is 3. The molecule has 1 aromatic carbocycles. The summed E-state index contributed by atoms with van der Waals surface area (Å²) in [5.74, 6) is -1.59. The van der Waals surface area contributed by atoms with E-state index in [2.05, 4.69) is 10.4 Å². The molecule has 0 radical (unpaired) electrons. The molecule has 0 unspecified atom stereocenters. The van der Waals surface area contributed by atoms with E-state index in [4.69, 9.17) is 0 Å². The molecule has 2 N–H and O–H groups in total. The zero-order valence-electron chi connectivity index (χ0n) is 20.4. The van der Waals surface area contributed by atoms with Gasteiger partial charge in [-0.2, -0.15) is 9.61 Å². The average molecular weight is 494 g/mol. The van der Waals surface area contributed by atoms with Gasteiger partial charge in [0.05, 0.1) is 5.69 Å². The third kappa shape index (κ3) is 4.16. The maximum atomic E-state index is 13.6. The number of nitrogens with one attached hydrogen (secondary N) is 1. The second-order valence-electron chi connectivity index (χ2n) is 9.84. The molecule has 0 atom stereocenters. The summed E-state index contributed by atoms with van der Waals surface area (Å²) in [6.45, 7) is 6.37. The van der Waals surface area contributed by atoms with Crippen LogP contribution in [0.25, 0.3) is 11.7 Å². The number of hydrogen-bond acceptors (Lipinski definition) is 5. The van der Waals surface area contributed by atoms with Crippen LogP contribution < -0.4 is 15.8 Å². The predicted octanol–water partition coefficient (Wildman–Crippen LogP) is 2.80. The molecule has 3 heterocycles. The Morgan fingerprint density at radius 3 is 2.75 bits per heavy atom. The van der Waals surface area contributed by atoms with Crippen molar-refractivity contribution in [2.24, 2.45) is 5.92 Å². The largest absolute Gasteiger partial charge is 0.494 e. The summed E-state index contributed by atoms with van der Waals surface area (Å²) in [5.41, 5.74) is 1.65. The molecule has 0 saturated heterocycles. The predicted molar refractivity (Wildman–Crippen MR) is 133 cm³/mol. The lowest BCUT2D eigenvalue weighted by Crippen LogP contribution is -2.34. The Hall–Kier alpha value is -3.95. The zero-order valence-corrected chi connectivity index (χ0v) is 20.4. The normalized spacial score (nSPS) is 15.3. The molecule has 0 bridgehead atoms. The Balaban J connectivity index is 1.57. The minimum absolute atomic E-state index is 0.0154. The number of nitrogens with zero attached hydrogens (tertiary/aromatic N) is 4. The molecule has 36 heavy (non-hydrogen) atoms. The van der Waals surface area contributed by atoms with Gasteiger partial charge in [0, 0.05) is 36.5 Å². The Labute approximate surface area is 206 Å². The van der Waals surface area contributed by atoms with Crippen LogP contribution in [0.1, 0.15) is 53.9 Å². The van der Waals surface area contributed by atoms with Crippen LogP contribution in [0.3, 0.4) is 0 Å². The minimum atomic E-state index is -0.717. The van der Waals surface area contributed by atoms with E-state index in [1.165, 1.54) is 22.8 Å². The Bertz CT molecular complexity index is 1480. The Morgan fingerprint density at radius 2 is 2.06 bits per heavy atom. The number of carbonyl (C=O) groups is 2. The van der Waals surface area contributed by atoms with Gasteiger partial charge in [0.2, 0.25) is 5.88 Å². The molecule has 3 aromatic rings. The van der Waals surface area contributed by atoms with Gasteiger partial charge in [0.15, 0.2) is 5.56 Å². The smallest absolute Gasteiger partial charge is 0.291 e. The summed E-state index contributed by atoms with van der Waals surface area (Å²) < 4.78 is 16.2. The number of carbonyl (C=O) groups excluding carboxylic acids is 2. The summed E-state index contributed by atoms with van der Waals surface area (Å²) in [5, 5.41) is 18.2. The molecule has 1 aliphatic carbocycles. The molecule has 5 rings (SSSR count). The van der Waals surface area contributed by atoms with Crippen molar-refractivity contribution in [2.75, 3.05) is 11.4 Å². The van der Waals surface area contributed by atoms with E-state index >= 15 is 0 Å². The van der Waals surface area contributed by atoms with Gasteiger partial charge in [-0.25, -0.2) is 4.39 Å². The second-order valence-corrected chi connectivity index (χ2v) is 9.84. The van der Waals surface area contributed by atoms with E-state index < -0.39 is 17.3 Å². The van der Waals surface area contributed by atoms with E-state index in [0.717, 1.165) is 22.9 Å². The summed E-state index contributed by atoms with van der Waals surface area (Å²) in [6, 6.07) is 4.37. The minimum Gasteiger partial charge on any atom is -0.494 e. The van der Waals surface area contributed by atoms with Gasteiger partial charge in [0.25, 0.3) is 17.4 Å². The van der Waals surface area contributed by atoms with Crippen molar-refractivity contribution in [2.45, 2.75) is 52.6 Å². The first kappa shape index (κ1) is 23.8. The zero-order chi connectivity index (χ0) is 25.7. The molecule has 1 fully saturated rings. The van der Waals surface area contributed by atoms with Crippen LogP contribution in [-0.2, 0) is 17.8 Å². The lowest BCUT2D eigenvalue weighted by atomic mass is 10.1. The molecule has 9 nitrogen and oxygen atoms in total. The molecular weight excluding hydrogens is 465 g/mol. The molecule has 188 valence electrons. The van der Waals surface area contributed by atoms with Crippen molar-refractivity contribution >= 4 is 29.2 Å². The second kappa shape index (κ2) is 8.92. The van der Waals surface area contributed by atoms with E-state index in [9.17, 15) is 23.9 Å². The fourth-order valence-electron chi connectivity index (χ4n) is 4.63. The van der Waals surface area contributed by atoms with Gasteiger partial charge in [-0.1, -0.05) is 13.8 Å². The first-order valence-electron chi connectivity index (χ1n) is 12.1. The quantitative estimate of drug-likeness (QED) is 0.514. The third-order valence-electron chi connectivity index (χ3n) is 6.51. The van der Waals surface area contributed by atoms with Crippen LogP contribution in [0.2, 0.25) is 0 Å². The summed E-state index contributed by atoms with van der Waals surface area (Å²) in [7, 11) is 0. The first-order valence-corrected chi connectivity index (χ1v) is 12.1. The maximum Gasteiger partial charge on any atom is 0.291 e. The van der Waals surface area contributed by atoms with Gasteiger partial charge in [-0.3, -0.25) is 19.0 Å². The fraction of sp³-hybridized carbons (Fsp3) is 0.385. The SMILES string of the molecule is Cc1nn2c(=O)c(C(=O)NC3CC3)c(O)n(CC(C)C)c2c1/C=C/C(=O)N1CCc2cc(F)ccc21. The van der Waals surface area contributed by atoms with Gasteiger partial charge < -0.3 is 15.3 Å². The molecule has 1 saturated carbocycles. The maximum absolute atomic E-state index is 13.6. The highest BCUT2D eigenvalue weighted by atomic mass is 19.1. The standard InChI is InChI=1S/C26H28FN5O4/c1-14(2)13-31-24-19(7-9-21(33)30-11-10-16-12-17(27)4-8-20(16)30)15(3)29-32(24)26(36)22(25(31)35)23(34)28-18-5-6-18/h4,7-9,12,14,18,35H,5-6,10-11,13H2,1-3H3,(H,28,34)/b9-7+. The molecule has 10 heteroatoms. The van der Waals surface area contributed by atoms with Crippen molar-refractivity contribution in [3.63, 3.8) is 0 Å². The van der Waals surface area contributed by atoms with Crippen LogP contribution in [0, 0.1) is 18.7 Å². The molecule has 2 aromatic heterocycles. The number of aromatic hydroxyl groups is 1. The summed E-state index contributed by atoms with van der Waals surface area (Å²) >= 11 is 0. The molecule has 2 aliphatic rings. The van der Waals surface area contributed by atoms with Crippen molar-refractivity contribution in [3.8, 4) is 5.88 Å². The van der Waals surface area contributed by atoms with Gasteiger partial charge >= 0.3 is 0 Å². The molecule has 0 spiro atoms. The number of halogens is 1. The van der Waals surface area contributed by atoms with E-state index in [1.807, 2.05) is 13.8 Å².